The fraction of sp³-hybridized carbons (Fsp3) is 0.292. The zero-order valence-corrected chi connectivity index (χ0v) is 22.4. The van der Waals surface area contributed by atoms with E-state index in [1.807, 2.05) is 0 Å². The van der Waals surface area contributed by atoms with E-state index < -0.39 is 21.8 Å². The molecule has 204 valence electrons. The molecule has 2 N–H and O–H groups in total. The molecule has 0 bridgehead atoms. The van der Waals surface area contributed by atoms with Crippen LogP contribution in [-0.4, -0.2) is 44.7 Å². The second-order valence-corrected chi connectivity index (χ2v) is 10.7. The van der Waals surface area contributed by atoms with Gasteiger partial charge in [0.1, 0.15) is 5.75 Å². The third-order valence-corrected chi connectivity index (χ3v) is 6.97. The van der Waals surface area contributed by atoms with Gasteiger partial charge in [-0.25, -0.2) is 18.4 Å². The number of nitrogens with zero attached hydrogens (tertiary/aromatic N) is 3. The van der Waals surface area contributed by atoms with Crippen molar-refractivity contribution in [2.75, 3.05) is 35.4 Å². The molecule has 0 aliphatic rings. The van der Waals surface area contributed by atoms with Gasteiger partial charge >= 0.3 is 6.18 Å². The van der Waals surface area contributed by atoms with Crippen LogP contribution in [-0.2, 0) is 33.8 Å². The zero-order chi connectivity index (χ0) is 28.3. The first-order valence-electron chi connectivity index (χ1n) is 11.1. The van der Waals surface area contributed by atoms with Crippen LogP contribution in [0.2, 0.25) is 5.02 Å². The number of carbonyl (C=O) groups excluding carboxylic acids is 1. The molecule has 0 aliphatic heterocycles. The van der Waals surface area contributed by atoms with Gasteiger partial charge in [-0.3, -0.25) is 9.10 Å². The first-order valence-corrected chi connectivity index (χ1v) is 13.3. The highest BCUT2D eigenvalue weighted by molar-refractivity contribution is 7.92. The first-order chi connectivity index (χ1) is 17.7. The molecule has 1 heterocycles. The van der Waals surface area contributed by atoms with Crippen LogP contribution in [0.15, 0.2) is 42.6 Å². The van der Waals surface area contributed by atoms with Gasteiger partial charge in [0.25, 0.3) is 0 Å². The van der Waals surface area contributed by atoms with E-state index in [2.05, 4.69) is 20.6 Å². The Kier molecular flexibility index (Phi) is 8.72. The molecule has 0 spiro atoms. The Morgan fingerprint density at radius 1 is 1.16 bits per heavy atom. The van der Waals surface area contributed by atoms with Crippen molar-refractivity contribution in [2.24, 2.45) is 0 Å². The van der Waals surface area contributed by atoms with E-state index in [9.17, 15) is 26.4 Å². The van der Waals surface area contributed by atoms with Crippen molar-refractivity contribution in [2.45, 2.75) is 25.9 Å². The SMILES string of the molecule is COc1ccc(CCc2nc(Nc3ccc(NC(C)=O)c(Cl)c3)ncc2C(F)(F)F)c(N(C)S(C)(=O)=O)c1. The van der Waals surface area contributed by atoms with Crippen LogP contribution >= 0.6 is 11.6 Å². The summed E-state index contributed by atoms with van der Waals surface area (Å²) in [6.07, 6.45) is -3.10. The van der Waals surface area contributed by atoms with Gasteiger partial charge < -0.3 is 15.4 Å². The molecule has 0 aliphatic carbocycles. The molecular formula is C24H25ClF3N5O4S. The maximum Gasteiger partial charge on any atom is 0.419 e. The first kappa shape index (κ1) is 29.0. The molecule has 0 atom stereocenters. The van der Waals surface area contributed by atoms with Gasteiger partial charge in [-0.15, -0.1) is 0 Å². The summed E-state index contributed by atoms with van der Waals surface area (Å²) >= 11 is 6.17. The zero-order valence-electron chi connectivity index (χ0n) is 20.9. The average molecular weight is 572 g/mol. The summed E-state index contributed by atoms with van der Waals surface area (Å²) < 4.78 is 71.7. The minimum atomic E-state index is -4.70. The number of hydrogen-bond donors (Lipinski definition) is 2. The summed E-state index contributed by atoms with van der Waals surface area (Å²) in [4.78, 5) is 19.2. The number of anilines is 4. The molecule has 0 saturated carbocycles. The molecule has 9 nitrogen and oxygen atoms in total. The van der Waals surface area contributed by atoms with Gasteiger partial charge in [-0.05, 0) is 42.7 Å². The topological polar surface area (TPSA) is 114 Å². The second-order valence-electron chi connectivity index (χ2n) is 8.28. The van der Waals surface area contributed by atoms with Crippen LogP contribution in [0.25, 0.3) is 0 Å². The summed E-state index contributed by atoms with van der Waals surface area (Å²) in [6, 6.07) is 9.26. The van der Waals surface area contributed by atoms with Crippen molar-refractivity contribution in [1.29, 1.82) is 0 Å². The van der Waals surface area contributed by atoms with Crippen molar-refractivity contribution in [1.82, 2.24) is 9.97 Å². The number of aryl methyl sites for hydroxylation is 2. The number of benzene rings is 2. The van der Waals surface area contributed by atoms with E-state index in [0.29, 0.717) is 28.9 Å². The van der Waals surface area contributed by atoms with Gasteiger partial charge in [0.15, 0.2) is 0 Å². The minimum Gasteiger partial charge on any atom is -0.497 e. The number of alkyl halides is 3. The second kappa shape index (κ2) is 11.4. The summed E-state index contributed by atoms with van der Waals surface area (Å²) in [5, 5.41) is 5.58. The fourth-order valence-electron chi connectivity index (χ4n) is 3.52. The lowest BCUT2D eigenvalue weighted by molar-refractivity contribution is -0.138. The number of rotatable bonds is 9. The van der Waals surface area contributed by atoms with E-state index in [-0.39, 0.29) is 41.1 Å². The Balaban J connectivity index is 1.93. The van der Waals surface area contributed by atoms with Crippen LogP contribution in [0.3, 0.4) is 0 Å². The standard InChI is InChI=1S/C24H25ClF3N5O4S/c1-14(34)30-21-10-7-16(11-19(21)25)31-23-29-13-18(24(26,27)28)20(32-23)9-6-15-5-8-17(37-3)12-22(15)33(2)38(4,35)36/h5,7-8,10-13H,6,9H2,1-4H3,(H,30,34)(H,29,31,32). The molecule has 0 unspecified atom stereocenters. The lowest BCUT2D eigenvalue weighted by Gasteiger charge is -2.21. The van der Waals surface area contributed by atoms with Crippen LogP contribution in [0, 0.1) is 0 Å². The molecule has 0 fully saturated rings. The molecule has 2 aromatic carbocycles. The van der Waals surface area contributed by atoms with E-state index in [1.165, 1.54) is 39.3 Å². The number of nitrogens with one attached hydrogen (secondary N) is 2. The van der Waals surface area contributed by atoms with Crippen molar-refractivity contribution in [3.8, 4) is 5.75 Å². The molecule has 1 aromatic heterocycles. The number of carbonyl (C=O) groups is 1. The fourth-order valence-corrected chi connectivity index (χ4v) is 4.28. The van der Waals surface area contributed by atoms with E-state index in [1.54, 1.807) is 18.2 Å². The third kappa shape index (κ3) is 7.25. The number of sulfonamides is 1. The summed E-state index contributed by atoms with van der Waals surface area (Å²) in [6.45, 7) is 1.33. The predicted octanol–water partition coefficient (Wildman–Crippen LogP) is 5.04. The Hall–Kier alpha value is -3.58. The quantitative estimate of drug-likeness (QED) is 0.370. The molecule has 3 rings (SSSR count). The van der Waals surface area contributed by atoms with Gasteiger partial charge in [0.05, 0.1) is 41.0 Å². The van der Waals surface area contributed by atoms with Gasteiger partial charge in [0.2, 0.25) is 21.9 Å². The molecule has 14 heteroatoms. The maximum absolute atomic E-state index is 13.7. The average Bonchev–Trinajstić information content (AvgIpc) is 2.82. The van der Waals surface area contributed by atoms with Crippen LogP contribution in [0.5, 0.6) is 5.75 Å². The third-order valence-electron chi connectivity index (χ3n) is 5.47. The monoisotopic (exact) mass is 571 g/mol. The summed E-state index contributed by atoms with van der Waals surface area (Å²) in [5.74, 6) is -0.0161. The molecule has 0 radical (unpaired) electrons. The van der Waals surface area contributed by atoms with Crippen molar-refractivity contribution >= 4 is 50.5 Å². The van der Waals surface area contributed by atoms with Gasteiger partial charge in [-0.1, -0.05) is 17.7 Å². The van der Waals surface area contributed by atoms with Crippen molar-refractivity contribution < 1.29 is 31.1 Å². The molecule has 38 heavy (non-hydrogen) atoms. The molecule has 1 amide bonds. The smallest absolute Gasteiger partial charge is 0.419 e. The Morgan fingerprint density at radius 2 is 1.87 bits per heavy atom. The summed E-state index contributed by atoms with van der Waals surface area (Å²) in [5.41, 5.74) is 0.241. The van der Waals surface area contributed by atoms with E-state index >= 15 is 0 Å². The molecular weight excluding hydrogens is 547 g/mol. The number of aromatic nitrogens is 2. The Labute approximate surface area is 223 Å². The highest BCUT2D eigenvalue weighted by Gasteiger charge is 2.35. The largest absolute Gasteiger partial charge is 0.497 e. The lowest BCUT2D eigenvalue weighted by Crippen LogP contribution is -2.26. The highest BCUT2D eigenvalue weighted by atomic mass is 35.5. The van der Waals surface area contributed by atoms with Crippen LogP contribution in [0.1, 0.15) is 23.7 Å². The van der Waals surface area contributed by atoms with Gasteiger partial charge in [-0.2, -0.15) is 13.2 Å². The van der Waals surface area contributed by atoms with Crippen LogP contribution < -0.4 is 19.7 Å². The maximum atomic E-state index is 13.7. The summed E-state index contributed by atoms with van der Waals surface area (Å²) in [7, 11) is -0.872. The predicted molar refractivity (Wildman–Crippen MR) is 140 cm³/mol. The molecule has 3 aromatic rings. The van der Waals surface area contributed by atoms with Gasteiger partial charge in [0, 0.05) is 31.9 Å². The number of hydrogen-bond acceptors (Lipinski definition) is 7. The number of ether oxygens (including phenoxy) is 1. The highest BCUT2D eigenvalue weighted by Crippen LogP contribution is 2.34. The van der Waals surface area contributed by atoms with Crippen molar-refractivity contribution in [3.05, 3.63) is 64.4 Å². The number of halogens is 4. The molecule has 0 saturated heterocycles. The van der Waals surface area contributed by atoms with Crippen molar-refractivity contribution in [3.63, 3.8) is 0 Å². The minimum absolute atomic E-state index is 0.0515. The number of amides is 1. The Bertz CT molecular complexity index is 1450. The Morgan fingerprint density at radius 3 is 2.45 bits per heavy atom. The van der Waals surface area contributed by atoms with E-state index in [0.717, 1.165) is 10.6 Å². The van der Waals surface area contributed by atoms with Crippen LogP contribution in [0.4, 0.5) is 36.2 Å². The van der Waals surface area contributed by atoms with E-state index in [4.69, 9.17) is 16.3 Å². The normalized spacial score (nSPS) is 11.7. The lowest BCUT2D eigenvalue weighted by atomic mass is 10.0. The number of methoxy groups -OCH3 is 1.